The summed E-state index contributed by atoms with van der Waals surface area (Å²) in [6.07, 6.45) is 9.18. The van der Waals surface area contributed by atoms with Gasteiger partial charge in [0.15, 0.2) is 0 Å². The smallest absolute Gasteiger partial charge is 0.305 e. The summed E-state index contributed by atoms with van der Waals surface area (Å²) in [5, 5.41) is 21.4. The molecule has 2 rings (SSSR count). The van der Waals surface area contributed by atoms with Crippen molar-refractivity contribution in [3.8, 4) is 0 Å². The zero-order chi connectivity index (χ0) is 23.4. The van der Waals surface area contributed by atoms with Crippen molar-refractivity contribution in [2.75, 3.05) is 7.11 Å². The van der Waals surface area contributed by atoms with Crippen molar-refractivity contribution in [1.29, 1.82) is 0 Å². The van der Waals surface area contributed by atoms with E-state index in [4.69, 9.17) is 4.74 Å². The van der Waals surface area contributed by atoms with Crippen LogP contribution in [0.3, 0.4) is 0 Å². The fourth-order valence-corrected chi connectivity index (χ4v) is 7.47. The van der Waals surface area contributed by atoms with Crippen molar-refractivity contribution < 1.29 is 19.7 Å². The molecule has 0 bridgehead atoms. The quantitative estimate of drug-likeness (QED) is 0.389. The first-order chi connectivity index (χ1) is 14.5. The molecular formula is C27H50O4. The largest absolute Gasteiger partial charge is 0.469 e. The second kappa shape index (κ2) is 11.0. The van der Waals surface area contributed by atoms with E-state index < -0.39 is 0 Å². The highest BCUT2D eigenvalue weighted by molar-refractivity contribution is 5.69. The Hall–Kier alpha value is -0.610. The van der Waals surface area contributed by atoms with E-state index in [-0.39, 0.29) is 29.0 Å². The molecule has 31 heavy (non-hydrogen) atoms. The lowest BCUT2D eigenvalue weighted by Gasteiger charge is -2.55. The Labute approximate surface area is 191 Å². The summed E-state index contributed by atoms with van der Waals surface area (Å²) in [6.45, 7) is 13.7. The molecule has 2 saturated carbocycles. The third-order valence-electron chi connectivity index (χ3n) is 9.58. The van der Waals surface area contributed by atoms with Gasteiger partial charge in [0.1, 0.15) is 0 Å². The van der Waals surface area contributed by atoms with Crippen LogP contribution in [0.1, 0.15) is 106 Å². The fraction of sp³-hybridized carbons (Fsp3) is 0.963. The van der Waals surface area contributed by atoms with Crippen molar-refractivity contribution in [2.24, 2.45) is 40.4 Å². The molecule has 0 aromatic carbocycles. The van der Waals surface area contributed by atoms with Gasteiger partial charge in [-0.3, -0.25) is 4.79 Å². The van der Waals surface area contributed by atoms with Gasteiger partial charge in [0.05, 0.1) is 19.3 Å². The predicted molar refractivity (Wildman–Crippen MR) is 127 cm³/mol. The lowest BCUT2D eigenvalue weighted by atomic mass is 9.50. The molecule has 4 nitrogen and oxygen atoms in total. The minimum atomic E-state index is -0.255. The van der Waals surface area contributed by atoms with Crippen molar-refractivity contribution in [1.82, 2.24) is 0 Å². The standard InChI is InChI=1S/C27H50O4/c1-8-19(28)14-16-26(4,5)21-15-17-27(6)20(18(3)10-13-24(30)31-7)11-12-22(27)25(21)23(29)9-2/h18-23,25,28-29H,8-17H2,1-7H3/t18-,19+,20?,21?,22?,23-,25?,27-/m1/s1. The van der Waals surface area contributed by atoms with Gasteiger partial charge in [0, 0.05) is 6.42 Å². The summed E-state index contributed by atoms with van der Waals surface area (Å²) < 4.78 is 4.87. The van der Waals surface area contributed by atoms with Crippen molar-refractivity contribution in [3.05, 3.63) is 0 Å². The fourth-order valence-electron chi connectivity index (χ4n) is 7.47. The molecule has 0 amide bonds. The summed E-state index contributed by atoms with van der Waals surface area (Å²) in [6, 6.07) is 0. The Morgan fingerprint density at radius 2 is 1.81 bits per heavy atom. The van der Waals surface area contributed by atoms with E-state index in [2.05, 4.69) is 34.6 Å². The van der Waals surface area contributed by atoms with Crippen LogP contribution in [-0.4, -0.2) is 35.5 Å². The molecule has 182 valence electrons. The molecule has 0 aliphatic heterocycles. The van der Waals surface area contributed by atoms with E-state index in [0.29, 0.717) is 36.0 Å². The van der Waals surface area contributed by atoms with Gasteiger partial charge < -0.3 is 14.9 Å². The number of aliphatic hydroxyl groups is 2. The molecule has 0 aromatic rings. The summed E-state index contributed by atoms with van der Waals surface area (Å²) >= 11 is 0. The SMILES string of the molecule is CC[C@H](O)CCC(C)(C)C1CC[C@@]2(C)C(CCC2[C@H](C)CCC(=O)OC)C1[C@H](O)CC. The third kappa shape index (κ3) is 5.85. The zero-order valence-corrected chi connectivity index (χ0v) is 21.3. The van der Waals surface area contributed by atoms with Gasteiger partial charge in [-0.25, -0.2) is 0 Å². The normalized spacial score (nSPS) is 34.1. The van der Waals surface area contributed by atoms with E-state index in [0.717, 1.165) is 38.5 Å². The number of rotatable bonds is 11. The Bertz CT molecular complexity index is 574. The van der Waals surface area contributed by atoms with Crippen LogP contribution in [0.25, 0.3) is 0 Å². The molecular weight excluding hydrogens is 388 g/mol. The number of hydrogen-bond acceptors (Lipinski definition) is 4. The van der Waals surface area contributed by atoms with Crippen LogP contribution in [-0.2, 0) is 9.53 Å². The van der Waals surface area contributed by atoms with Crippen LogP contribution < -0.4 is 0 Å². The van der Waals surface area contributed by atoms with Crippen LogP contribution in [0.4, 0.5) is 0 Å². The van der Waals surface area contributed by atoms with E-state index in [9.17, 15) is 15.0 Å². The van der Waals surface area contributed by atoms with Crippen LogP contribution >= 0.6 is 0 Å². The Morgan fingerprint density at radius 3 is 2.39 bits per heavy atom. The number of carbonyl (C=O) groups excluding carboxylic acids is 1. The molecule has 2 N–H and O–H groups in total. The van der Waals surface area contributed by atoms with Crippen molar-refractivity contribution >= 4 is 5.97 Å². The van der Waals surface area contributed by atoms with E-state index in [1.807, 2.05) is 6.92 Å². The molecule has 2 aliphatic carbocycles. The molecule has 0 aromatic heterocycles. The number of fused-ring (bicyclic) bond motifs is 1. The highest BCUT2D eigenvalue weighted by Gasteiger charge is 2.58. The predicted octanol–water partition coefficient (Wildman–Crippen LogP) is 5.98. The number of carbonyl (C=O) groups is 1. The lowest BCUT2D eigenvalue weighted by Crippen LogP contribution is -2.50. The first-order valence-electron chi connectivity index (χ1n) is 12.9. The van der Waals surface area contributed by atoms with Gasteiger partial charge >= 0.3 is 5.97 Å². The van der Waals surface area contributed by atoms with Gasteiger partial charge in [0.2, 0.25) is 0 Å². The topological polar surface area (TPSA) is 66.8 Å². The molecule has 0 radical (unpaired) electrons. The molecule has 0 spiro atoms. The molecule has 0 heterocycles. The van der Waals surface area contributed by atoms with Gasteiger partial charge in [-0.2, -0.15) is 0 Å². The van der Waals surface area contributed by atoms with Crippen LogP contribution in [0.5, 0.6) is 0 Å². The minimum absolute atomic E-state index is 0.106. The number of hydrogen-bond donors (Lipinski definition) is 2. The van der Waals surface area contributed by atoms with Gasteiger partial charge in [-0.15, -0.1) is 0 Å². The average molecular weight is 439 g/mol. The molecule has 8 atom stereocenters. The van der Waals surface area contributed by atoms with Crippen LogP contribution in [0, 0.1) is 40.4 Å². The summed E-state index contributed by atoms with van der Waals surface area (Å²) in [5.74, 6) is 2.37. The first-order valence-corrected chi connectivity index (χ1v) is 12.9. The maximum Gasteiger partial charge on any atom is 0.305 e. The molecule has 2 aliphatic rings. The van der Waals surface area contributed by atoms with E-state index in [1.54, 1.807) is 0 Å². The van der Waals surface area contributed by atoms with Crippen LogP contribution in [0.2, 0.25) is 0 Å². The highest BCUT2D eigenvalue weighted by Crippen LogP contribution is 2.64. The second-order valence-electron chi connectivity index (χ2n) is 11.7. The number of aliphatic hydroxyl groups excluding tert-OH is 2. The lowest BCUT2D eigenvalue weighted by molar-refractivity contribution is -0.141. The van der Waals surface area contributed by atoms with Gasteiger partial charge in [0.25, 0.3) is 0 Å². The number of esters is 1. The molecule has 0 saturated heterocycles. The van der Waals surface area contributed by atoms with Gasteiger partial charge in [-0.05, 0) is 98.2 Å². The Balaban J connectivity index is 2.21. The first kappa shape index (κ1) is 26.6. The minimum Gasteiger partial charge on any atom is -0.469 e. The molecule has 4 heteroatoms. The second-order valence-corrected chi connectivity index (χ2v) is 11.7. The summed E-state index contributed by atoms with van der Waals surface area (Å²) in [7, 11) is 1.47. The Kier molecular flexibility index (Phi) is 9.46. The maximum atomic E-state index is 11.7. The summed E-state index contributed by atoms with van der Waals surface area (Å²) in [5.41, 5.74) is 0.360. The van der Waals surface area contributed by atoms with E-state index in [1.165, 1.54) is 26.4 Å². The Morgan fingerprint density at radius 1 is 1.13 bits per heavy atom. The molecule has 4 unspecified atom stereocenters. The van der Waals surface area contributed by atoms with Crippen molar-refractivity contribution in [2.45, 2.75) is 118 Å². The summed E-state index contributed by atoms with van der Waals surface area (Å²) in [4.78, 5) is 11.7. The van der Waals surface area contributed by atoms with Crippen LogP contribution in [0.15, 0.2) is 0 Å². The number of methoxy groups -OCH3 is 1. The zero-order valence-electron chi connectivity index (χ0n) is 21.3. The third-order valence-corrected chi connectivity index (χ3v) is 9.58. The molecule has 2 fully saturated rings. The van der Waals surface area contributed by atoms with Crippen molar-refractivity contribution in [3.63, 3.8) is 0 Å². The monoisotopic (exact) mass is 438 g/mol. The maximum absolute atomic E-state index is 11.7. The van der Waals surface area contributed by atoms with Gasteiger partial charge in [-0.1, -0.05) is 41.5 Å². The number of ether oxygens (including phenoxy) is 1. The highest BCUT2D eigenvalue weighted by atomic mass is 16.5. The van der Waals surface area contributed by atoms with E-state index >= 15 is 0 Å². The average Bonchev–Trinajstić information content (AvgIpc) is 3.11.